The van der Waals surface area contributed by atoms with E-state index in [9.17, 15) is 9.59 Å². The van der Waals surface area contributed by atoms with Gasteiger partial charge in [-0.15, -0.1) is 0 Å². The van der Waals surface area contributed by atoms with Crippen LogP contribution in [0.4, 0.5) is 4.79 Å². The molecule has 98 valence electrons. The van der Waals surface area contributed by atoms with Crippen LogP contribution in [0.5, 0.6) is 0 Å². The van der Waals surface area contributed by atoms with Gasteiger partial charge in [0, 0.05) is 32.7 Å². The van der Waals surface area contributed by atoms with Crippen LogP contribution in [-0.2, 0) is 9.53 Å². The van der Waals surface area contributed by atoms with Crippen molar-refractivity contribution in [2.45, 2.75) is 32.4 Å². The molecule has 6 nitrogen and oxygen atoms in total. The van der Waals surface area contributed by atoms with Crippen molar-refractivity contribution in [2.75, 3.05) is 26.8 Å². The second kappa shape index (κ2) is 6.44. The lowest BCUT2D eigenvalue weighted by Crippen LogP contribution is -2.44. The third kappa shape index (κ3) is 4.22. The Morgan fingerprint density at radius 1 is 1.59 bits per heavy atom. The van der Waals surface area contributed by atoms with Crippen molar-refractivity contribution >= 4 is 11.9 Å². The maximum Gasteiger partial charge on any atom is 0.315 e. The summed E-state index contributed by atoms with van der Waals surface area (Å²) in [6.07, 6.45) is 0.385. The van der Waals surface area contributed by atoms with E-state index in [1.165, 1.54) is 0 Å². The number of nitrogens with zero attached hydrogens (tertiary/aromatic N) is 1. The Balaban J connectivity index is 2.29. The zero-order valence-corrected chi connectivity index (χ0v) is 10.7. The molecule has 1 rings (SSSR count). The van der Waals surface area contributed by atoms with Gasteiger partial charge in [-0.3, -0.25) is 4.79 Å². The Labute approximate surface area is 102 Å². The number of carbonyl (C=O) groups is 2. The summed E-state index contributed by atoms with van der Waals surface area (Å²) >= 11 is 0. The Morgan fingerprint density at radius 3 is 2.82 bits per heavy atom. The number of hydrogen-bond donors (Lipinski definition) is 2. The second-order valence-corrected chi connectivity index (χ2v) is 4.43. The topological polar surface area (TPSA) is 70.7 Å². The van der Waals surface area contributed by atoms with E-state index in [2.05, 4.69) is 10.6 Å². The van der Waals surface area contributed by atoms with Crippen molar-refractivity contribution in [1.29, 1.82) is 0 Å². The first-order valence-electron chi connectivity index (χ1n) is 5.87. The zero-order chi connectivity index (χ0) is 12.8. The van der Waals surface area contributed by atoms with Crippen LogP contribution in [0.25, 0.3) is 0 Å². The molecular formula is C11H21N3O3. The minimum absolute atomic E-state index is 0.0903. The first kappa shape index (κ1) is 13.8. The molecule has 1 atom stereocenters. The van der Waals surface area contributed by atoms with Crippen molar-refractivity contribution < 1.29 is 14.3 Å². The van der Waals surface area contributed by atoms with E-state index in [-0.39, 0.29) is 24.0 Å². The molecule has 2 N–H and O–H groups in total. The van der Waals surface area contributed by atoms with Crippen LogP contribution in [0.1, 0.15) is 20.3 Å². The molecule has 0 aromatic heterocycles. The first-order chi connectivity index (χ1) is 8.04. The molecule has 3 amide bonds. The van der Waals surface area contributed by atoms with Gasteiger partial charge in [0.1, 0.15) is 0 Å². The van der Waals surface area contributed by atoms with E-state index in [4.69, 9.17) is 4.74 Å². The van der Waals surface area contributed by atoms with Crippen LogP contribution in [-0.4, -0.2) is 55.7 Å². The van der Waals surface area contributed by atoms with E-state index >= 15 is 0 Å². The summed E-state index contributed by atoms with van der Waals surface area (Å²) in [7, 11) is 1.58. The molecule has 1 aliphatic rings. The monoisotopic (exact) mass is 243 g/mol. The molecule has 17 heavy (non-hydrogen) atoms. The number of urea groups is 1. The lowest BCUT2D eigenvalue weighted by atomic mass is 10.2. The number of likely N-dealkylation sites (tertiary alicyclic amines) is 1. The fraction of sp³-hybridized carbons (Fsp3) is 0.818. The van der Waals surface area contributed by atoms with Crippen molar-refractivity contribution in [3.63, 3.8) is 0 Å². The minimum Gasteiger partial charge on any atom is -0.383 e. The second-order valence-electron chi connectivity index (χ2n) is 4.43. The maximum atomic E-state index is 11.6. The molecule has 0 bridgehead atoms. The number of methoxy groups -OCH3 is 1. The maximum absolute atomic E-state index is 11.6. The molecule has 1 saturated heterocycles. The number of amides is 3. The highest BCUT2D eigenvalue weighted by Crippen LogP contribution is 2.13. The summed E-state index contributed by atoms with van der Waals surface area (Å²) in [5.41, 5.74) is 0. The molecule has 6 heteroatoms. The molecule has 1 fully saturated rings. The molecule has 1 aliphatic heterocycles. The fourth-order valence-corrected chi connectivity index (χ4v) is 1.83. The van der Waals surface area contributed by atoms with Crippen molar-refractivity contribution in [3.05, 3.63) is 0 Å². The van der Waals surface area contributed by atoms with Crippen LogP contribution in [0.3, 0.4) is 0 Å². The summed E-state index contributed by atoms with van der Waals surface area (Å²) in [6.45, 7) is 5.48. The number of rotatable bonds is 5. The van der Waals surface area contributed by atoms with Gasteiger partial charge in [-0.05, 0) is 13.8 Å². The van der Waals surface area contributed by atoms with Crippen LogP contribution < -0.4 is 10.6 Å². The van der Waals surface area contributed by atoms with Crippen molar-refractivity contribution in [1.82, 2.24) is 15.5 Å². The minimum atomic E-state index is -0.245. The van der Waals surface area contributed by atoms with Gasteiger partial charge >= 0.3 is 6.03 Å². The Kier molecular flexibility index (Phi) is 5.21. The number of carbonyl (C=O) groups excluding carboxylic acids is 2. The van der Waals surface area contributed by atoms with E-state index in [1.807, 2.05) is 13.8 Å². The van der Waals surface area contributed by atoms with Gasteiger partial charge in [-0.1, -0.05) is 0 Å². The van der Waals surface area contributed by atoms with Crippen LogP contribution in [0, 0.1) is 0 Å². The lowest BCUT2D eigenvalue weighted by molar-refractivity contribution is -0.129. The van der Waals surface area contributed by atoms with Crippen LogP contribution >= 0.6 is 0 Å². The fourth-order valence-electron chi connectivity index (χ4n) is 1.83. The summed E-state index contributed by atoms with van der Waals surface area (Å²) in [6, 6.07) is -0.149. The van der Waals surface area contributed by atoms with Crippen molar-refractivity contribution in [3.8, 4) is 0 Å². The molecule has 0 spiro atoms. The number of ether oxygens (including phenoxy) is 1. The predicted molar refractivity (Wildman–Crippen MR) is 63.7 cm³/mol. The quantitative estimate of drug-likeness (QED) is 0.665. The molecule has 1 heterocycles. The molecule has 0 aromatic carbocycles. The molecular weight excluding hydrogens is 222 g/mol. The van der Waals surface area contributed by atoms with E-state index in [0.29, 0.717) is 26.1 Å². The molecule has 0 radical (unpaired) electrons. The average molecular weight is 243 g/mol. The van der Waals surface area contributed by atoms with E-state index in [0.717, 1.165) is 0 Å². The third-order valence-electron chi connectivity index (χ3n) is 2.71. The van der Waals surface area contributed by atoms with Crippen LogP contribution in [0.15, 0.2) is 0 Å². The highest BCUT2D eigenvalue weighted by atomic mass is 16.5. The Morgan fingerprint density at radius 2 is 2.29 bits per heavy atom. The van der Waals surface area contributed by atoms with Gasteiger partial charge in [0.25, 0.3) is 0 Å². The van der Waals surface area contributed by atoms with Crippen LogP contribution in [0.2, 0.25) is 0 Å². The Hall–Kier alpha value is -1.30. The third-order valence-corrected chi connectivity index (χ3v) is 2.71. The Bertz CT molecular complexity index is 281. The largest absolute Gasteiger partial charge is 0.383 e. The zero-order valence-electron chi connectivity index (χ0n) is 10.7. The highest BCUT2D eigenvalue weighted by Gasteiger charge is 2.31. The standard InChI is InChI=1S/C11H21N3O3/c1-8(2)14-7-9(6-10(14)15)13-11(16)12-4-5-17-3/h8-9H,4-7H2,1-3H3,(H2,12,13,16). The lowest BCUT2D eigenvalue weighted by Gasteiger charge is -2.21. The average Bonchev–Trinajstić information content (AvgIpc) is 2.60. The van der Waals surface area contributed by atoms with E-state index < -0.39 is 0 Å². The molecule has 0 saturated carbocycles. The van der Waals surface area contributed by atoms with Gasteiger partial charge in [0.05, 0.1) is 12.6 Å². The normalized spacial score (nSPS) is 19.9. The van der Waals surface area contributed by atoms with E-state index in [1.54, 1.807) is 12.0 Å². The van der Waals surface area contributed by atoms with Gasteiger partial charge in [0.15, 0.2) is 0 Å². The molecule has 0 aliphatic carbocycles. The summed E-state index contributed by atoms with van der Waals surface area (Å²) in [5.74, 6) is 0.0993. The highest BCUT2D eigenvalue weighted by molar-refractivity contribution is 5.81. The van der Waals surface area contributed by atoms with Crippen molar-refractivity contribution in [2.24, 2.45) is 0 Å². The summed E-state index contributed by atoms with van der Waals surface area (Å²) in [4.78, 5) is 24.8. The van der Waals surface area contributed by atoms with Gasteiger partial charge in [-0.2, -0.15) is 0 Å². The van der Waals surface area contributed by atoms with Gasteiger partial charge in [-0.25, -0.2) is 4.79 Å². The summed E-state index contributed by atoms with van der Waals surface area (Å²) in [5, 5.41) is 5.45. The van der Waals surface area contributed by atoms with Gasteiger partial charge in [0.2, 0.25) is 5.91 Å². The predicted octanol–water partition coefficient (Wildman–Crippen LogP) is -0.0587. The smallest absolute Gasteiger partial charge is 0.315 e. The molecule has 1 unspecified atom stereocenters. The SMILES string of the molecule is COCCNC(=O)NC1CC(=O)N(C(C)C)C1. The molecule has 0 aromatic rings. The first-order valence-corrected chi connectivity index (χ1v) is 5.87. The number of hydrogen-bond acceptors (Lipinski definition) is 3. The summed E-state index contributed by atoms with van der Waals surface area (Å²) < 4.78 is 4.82. The van der Waals surface area contributed by atoms with Gasteiger partial charge < -0.3 is 20.3 Å². The number of nitrogens with one attached hydrogen (secondary N) is 2.